The van der Waals surface area contributed by atoms with Gasteiger partial charge in [0.15, 0.2) is 5.96 Å². The van der Waals surface area contributed by atoms with E-state index in [1.807, 2.05) is 0 Å². The van der Waals surface area contributed by atoms with E-state index >= 15 is 0 Å². The van der Waals surface area contributed by atoms with Crippen molar-refractivity contribution in [2.75, 3.05) is 58.9 Å². The number of guanidine groups is 1. The molecule has 7 heteroatoms. The van der Waals surface area contributed by atoms with Gasteiger partial charge in [0.2, 0.25) is 0 Å². The monoisotopic (exact) mass is 507 g/mol. The van der Waals surface area contributed by atoms with E-state index in [2.05, 4.69) is 58.0 Å². The van der Waals surface area contributed by atoms with Gasteiger partial charge in [-0.3, -0.25) is 4.99 Å². The Hall–Kier alpha value is -0.380. The fourth-order valence-corrected chi connectivity index (χ4v) is 4.01. The van der Waals surface area contributed by atoms with Crippen molar-refractivity contribution in [1.29, 1.82) is 0 Å². The predicted molar refractivity (Wildman–Crippen MR) is 130 cm³/mol. The minimum Gasteiger partial charge on any atom is -0.357 e. The van der Waals surface area contributed by atoms with Gasteiger partial charge < -0.3 is 20.4 Å². The summed E-state index contributed by atoms with van der Waals surface area (Å²) < 4.78 is 0. The molecule has 1 unspecified atom stereocenters. The van der Waals surface area contributed by atoms with Crippen LogP contribution in [0.25, 0.3) is 0 Å². The van der Waals surface area contributed by atoms with Crippen LogP contribution < -0.4 is 10.6 Å². The van der Waals surface area contributed by atoms with Gasteiger partial charge in [-0.05, 0) is 55.2 Å². The minimum absolute atomic E-state index is 0. The molecular formula is C20H38IN5S. The molecule has 1 saturated heterocycles. The molecule has 1 fully saturated rings. The second-order valence-electron chi connectivity index (χ2n) is 7.09. The second kappa shape index (κ2) is 14.6. The molecule has 156 valence electrons. The van der Waals surface area contributed by atoms with E-state index in [0.717, 1.165) is 25.6 Å². The van der Waals surface area contributed by atoms with Gasteiger partial charge in [-0.2, -0.15) is 11.3 Å². The van der Waals surface area contributed by atoms with Crippen molar-refractivity contribution in [3.63, 3.8) is 0 Å². The van der Waals surface area contributed by atoms with E-state index in [0.29, 0.717) is 5.92 Å². The third-order valence-corrected chi connectivity index (χ3v) is 5.79. The summed E-state index contributed by atoms with van der Waals surface area (Å²) in [6.45, 7) is 16.7. The number of nitrogens with zero attached hydrogens (tertiary/aromatic N) is 3. The normalized spacial score (nSPS) is 17.4. The molecule has 1 aromatic rings. The summed E-state index contributed by atoms with van der Waals surface area (Å²) >= 11 is 1.76. The molecule has 2 rings (SSSR count). The van der Waals surface area contributed by atoms with Gasteiger partial charge >= 0.3 is 0 Å². The topological polar surface area (TPSA) is 42.9 Å². The van der Waals surface area contributed by atoms with E-state index in [1.165, 1.54) is 57.7 Å². The molecule has 1 aliphatic rings. The second-order valence-corrected chi connectivity index (χ2v) is 7.87. The molecule has 0 bridgehead atoms. The van der Waals surface area contributed by atoms with Crippen LogP contribution in [0.3, 0.4) is 0 Å². The predicted octanol–water partition coefficient (Wildman–Crippen LogP) is 3.44. The van der Waals surface area contributed by atoms with E-state index in [-0.39, 0.29) is 24.0 Å². The molecule has 1 aliphatic heterocycles. The quantitative estimate of drug-likeness (QED) is 0.221. The highest BCUT2D eigenvalue weighted by atomic mass is 127. The highest BCUT2D eigenvalue weighted by Crippen LogP contribution is 2.18. The zero-order chi connectivity index (χ0) is 18.6. The van der Waals surface area contributed by atoms with Crippen molar-refractivity contribution in [1.82, 2.24) is 20.4 Å². The molecule has 1 aromatic heterocycles. The zero-order valence-corrected chi connectivity index (χ0v) is 20.4. The number of likely N-dealkylation sites (N-methyl/N-ethyl adjacent to an activating group) is 1. The van der Waals surface area contributed by atoms with Crippen molar-refractivity contribution < 1.29 is 0 Å². The molecule has 0 spiro atoms. The smallest absolute Gasteiger partial charge is 0.191 e. The first-order valence-electron chi connectivity index (χ1n) is 10.2. The maximum Gasteiger partial charge on any atom is 0.191 e. The number of aliphatic imine (C=N–C) groups is 1. The highest BCUT2D eigenvalue weighted by molar-refractivity contribution is 14.0. The van der Waals surface area contributed by atoms with Gasteiger partial charge in [0.25, 0.3) is 0 Å². The zero-order valence-electron chi connectivity index (χ0n) is 17.2. The molecular weight excluding hydrogens is 469 g/mol. The first-order valence-corrected chi connectivity index (χ1v) is 11.2. The number of rotatable bonds is 10. The van der Waals surface area contributed by atoms with Crippen LogP contribution in [0.15, 0.2) is 21.8 Å². The van der Waals surface area contributed by atoms with Gasteiger partial charge in [0, 0.05) is 51.7 Å². The van der Waals surface area contributed by atoms with Crippen LogP contribution in [-0.4, -0.2) is 74.7 Å². The Kier molecular flexibility index (Phi) is 13.3. The lowest BCUT2D eigenvalue weighted by atomic mass is 10.1. The van der Waals surface area contributed by atoms with Gasteiger partial charge in [0.05, 0.1) is 0 Å². The Morgan fingerprint density at radius 3 is 2.52 bits per heavy atom. The Bertz CT molecular complexity index is 500. The van der Waals surface area contributed by atoms with Crippen LogP contribution in [0.5, 0.6) is 0 Å². The molecule has 27 heavy (non-hydrogen) atoms. The summed E-state index contributed by atoms with van der Waals surface area (Å²) in [5.41, 5.74) is 1.39. The molecule has 1 atom stereocenters. The third kappa shape index (κ3) is 9.58. The minimum atomic E-state index is 0. The number of hydrogen-bond acceptors (Lipinski definition) is 4. The Morgan fingerprint density at radius 1 is 1.15 bits per heavy atom. The van der Waals surface area contributed by atoms with Crippen LogP contribution in [0, 0.1) is 0 Å². The van der Waals surface area contributed by atoms with E-state index in [9.17, 15) is 0 Å². The Labute approximate surface area is 187 Å². The lowest BCUT2D eigenvalue weighted by Gasteiger charge is -2.34. The molecule has 0 aliphatic carbocycles. The Balaban J connectivity index is 0.00000364. The number of hydrogen-bond donors (Lipinski definition) is 2. The molecule has 2 heterocycles. The lowest BCUT2D eigenvalue weighted by molar-refractivity contribution is 0.136. The van der Waals surface area contributed by atoms with Crippen LogP contribution in [0.2, 0.25) is 0 Å². The standard InChI is InChI=1S/C20H37N5S.HI/c1-4-21-20(23-16-18(3)19-8-15-26-17-19)22-9-6-7-10-25-13-11-24(5-2)12-14-25;/h8,15,17-18H,4-7,9-14,16H2,1-3H3,(H2,21,22,23);1H. The maximum atomic E-state index is 4.76. The summed E-state index contributed by atoms with van der Waals surface area (Å²) in [5.74, 6) is 1.42. The van der Waals surface area contributed by atoms with Gasteiger partial charge in [-0.15, -0.1) is 24.0 Å². The average molecular weight is 508 g/mol. The molecule has 0 saturated carbocycles. The van der Waals surface area contributed by atoms with Crippen LogP contribution in [0.4, 0.5) is 0 Å². The largest absolute Gasteiger partial charge is 0.357 e. The molecule has 0 radical (unpaired) electrons. The van der Waals surface area contributed by atoms with Crippen LogP contribution >= 0.6 is 35.3 Å². The van der Waals surface area contributed by atoms with Crippen LogP contribution in [-0.2, 0) is 0 Å². The summed E-state index contributed by atoms with van der Waals surface area (Å²) in [6.07, 6.45) is 2.45. The van der Waals surface area contributed by atoms with E-state index in [1.54, 1.807) is 11.3 Å². The first kappa shape index (κ1) is 24.7. The van der Waals surface area contributed by atoms with Crippen molar-refractivity contribution in [3.8, 4) is 0 Å². The lowest BCUT2D eigenvalue weighted by Crippen LogP contribution is -2.46. The number of thiophene rings is 1. The average Bonchev–Trinajstić information content (AvgIpc) is 3.21. The van der Waals surface area contributed by atoms with Crippen molar-refractivity contribution >= 4 is 41.3 Å². The maximum absolute atomic E-state index is 4.76. The molecule has 0 amide bonds. The highest BCUT2D eigenvalue weighted by Gasteiger charge is 2.14. The van der Waals surface area contributed by atoms with Crippen molar-refractivity contribution in [2.24, 2.45) is 4.99 Å². The molecule has 2 N–H and O–H groups in total. The van der Waals surface area contributed by atoms with Gasteiger partial charge in [-0.25, -0.2) is 0 Å². The first-order chi connectivity index (χ1) is 12.7. The number of nitrogens with one attached hydrogen (secondary N) is 2. The number of halogens is 1. The van der Waals surface area contributed by atoms with Gasteiger partial charge in [-0.1, -0.05) is 13.8 Å². The fourth-order valence-electron chi connectivity index (χ4n) is 3.23. The summed E-state index contributed by atoms with van der Waals surface area (Å²) in [7, 11) is 0. The summed E-state index contributed by atoms with van der Waals surface area (Å²) in [5, 5.41) is 11.2. The molecule has 5 nitrogen and oxygen atoms in total. The third-order valence-electron chi connectivity index (χ3n) is 5.09. The van der Waals surface area contributed by atoms with E-state index < -0.39 is 0 Å². The summed E-state index contributed by atoms with van der Waals surface area (Å²) in [6, 6.07) is 2.20. The van der Waals surface area contributed by atoms with Crippen molar-refractivity contribution in [3.05, 3.63) is 22.4 Å². The van der Waals surface area contributed by atoms with E-state index in [4.69, 9.17) is 4.99 Å². The van der Waals surface area contributed by atoms with Gasteiger partial charge in [0.1, 0.15) is 0 Å². The Morgan fingerprint density at radius 2 is 1.89 bits per heavy atom. The summed E-state index contributed by atoms with van der Waals surface area (Å²) in [4.78, 5) is 9.90. The number of piperazine rings is 1. The van der Waals surface area contributed by atoms with Crippen molar-refractivity contribution in [2.45, 2.75) is 39.5 Å². The fraction of sp³-hybridized carbons (Fsp3) is 0.750. The molecule has 0 aromatic carbocycles. The SMILES string of the molecule is CCNC(=NCC(C)c1ccsc1)NCCCCN1CCN(CC)CC1.I. The number of unbranched alkanes of at least 4 members (excludes halogenated alkanes) is 1. The van der Waals surface area contributed by atoms with Crippen LogP contribution in [0.1, 0.15) is 45.1 Å².